The van der Waals surface area contributed by atoms with E-state index in [0.717, 1.165) is 10.6 Å². The van der Waals surface area contributed by atoms with Gasteiger partial charge < -0.3 is 10.1 Å². The van der Waals surface area contributed by atoms with E-state index in [4.69, 9.17) is 4.74 Å². The second kappa shape index (κ2) is 9.51. The molecule has 0 spiro atoms. The maximum atomic E-state index is 13.1. The average Bonchev–Trinajstić information content (AvgIpc) is 2.71. The van der Waals surface area contributed by atoms with Crippen LogP contribution < -0.4 is 10.1 Å². The lowest BCUT2D eigenvalue weighted by Crippen LogP contribution is -2.36. The summed E-state index contributed by atoms with van der Waals surface area (Å²) in [5.41, 5.74) is 0.990. The van der Waals surface area contributed by atoms with E-state index >= 15 is 0 Å². The Kier molecular flexibility index (Phi) is 6.81. The predicted octanol–water partition coefficient (Wildman–Crippen LogP) is 4.02. The molecule has 1 N–H and O–H groups in total. The van der Waals surface area contributed by atoms with Gasteiger partial charge in [0, 0.05) is 6.54 Å². The lowest BCUT2D eigenvalue weighted by molar-refractivity contribution is -0.116. The summed E-state index contributed by atoms with van der Waals surface area (Å²) in [5.74, 6) is 0.0961. The second-order valence-electron chi connectivity index (χ2n) is 6.62. The Morgan fingerprint density at radius 3 is 2.27 bits per heavy atom. The zero-order valence-corrected chi connectivity index (χ0v) is 17.1. The van der Waals surface area contributed by atoms with Crippen LogP contribution in [0.25, 0.3) is 0 Å². The Morgan fingerprint density at radius 1 is 0.967 bits per heavy atom. The van der Waals surface area contributed by atoms with Gasteiger partial charge in [0.2, 0.25) is 15.9 Å². The van der Waals surface area contributed by atoms with Crippen molar-refractivity contribution in [1.29, 1.82) is 0 Å². The van der Waals surface area contributed by atoms with Crippen molar-refractivity contribution in [3.05, 3.63) is 90.2 Å². The highest BCUT2D eigenvalue weighted by Crippen LogP contribution is 2.29. The smallest absolute Gasteiger partial charge is 0.239 e. The molecule has 3 aromatic carbocycles. The molecule has 0 fully saturated rings. The maximum Gasteiger partial charge on any atom is 0.239 e. The zero-order valence-electron chi connectivity index (χ0n) is 16.3. The largest absolute Gasteiger partial charge is 0.455 e. The molecule has 8 heteroatoms. The third-order valence-corrected chi connectivity index (χ3v) is 5.39. The van der Waals surface area contributed by atoms with Crippen molar-refractivity contribution >= 4 is 21.6 Å². The Labute approximate surface area is 175 Å². The van der Waals surface area contributed by atoms with Gasteiger partial charge in [-0.1, -0.05) is 42.5 Å². The summed E-state index contributed by atoms with van der Waals surface area (Å²) in [6.45, 7) is -0.440. The predicted molar refractivity (Wildman–Crippen MR) is 113 cm³/mol. The standard InChI is InChI=1S/C22H21FN2O4S/c1-30(27,28)25(15-17-11-13-18(23)14-12-17)16-22(26)24-20-9-5-6-10-21(20)29-19-7-3-2-4-8-19/h2-14H,15-16H2,1H3,(H,24,26). The molecule has 0 aliphatic rings. The molecule has 0 saturated carbocycles. The summed E-state index contributed by atoms with van der Waals surface area (Å²) >= 11 is 0. The van der Waals surface area contributed by atoms with E-state index in [1.165, 1.54) is 24.3 Å². The summed E-state index contributed by atoms with van der Waals surface area (Å²) < 4.78 is 44.2. The van der Waals surface area contributed by atoms with Gasteiger partial charge in [-0.25, -0.2) is 12.8 Å². The van der Waals surface area contributed by atoms with Gasteiger partial charge in [-0.2, -0.15) is 4.31 Å². The van der Waals surface area contributed by atoms with Crippen LogP contribution in [0.3, 0.4) is 0 Å². The molecule has 0 unspecified atom stereocenters. The first-order valence-electron chi connectivity index (χ1n) is 9.12. The fourth-order valence-electron chi connectivity index (χ4n) is 2.71. The van der Waals surface area contributed by atoms with Crippen LogP contribution in [-0.4, -0.2) is 31.4 Å². The van der Waals surface area contributed by atoms with Crippen LogP contribution in [0.1, 0.15) is 5.56 Å². The number of anilines is 1. The van der Waals surface area contributed by atoms with Crippen LogP contribution in [0.4, 0.5) is 10.1 Å². The van der Waals surface area contributed by atoms with E-state index in [-0.39, 0.29) is 6.54 Å². The van der Waals surface area contributed by atoms with E-state index in [9.17, 15) is 17.6 Å². The number of carbonyl (C=O) groups excluding carboxylic acids is 1. The quantitative estimate of drug-likeness (QED) is 0.588. The Balaban J connectivity index is 1.72. The summed E-state index contributed by atoms with van der Waals surface area (Å²) in [5, 5.41) is 2.70. The van der Waals surface area contributed by atoms with Crippen LogP contribution in [-0.2, 0) is 21.4 Å². The van der Waals surface area contributed by atoms with Gasteiger partial charge in [0.15, 0.2) is 5.75 Å². The number of nitrogens with zero attached hydrogens (tertiary/aromatic N) is 1. The first kappa shape index (κ1) is 21.5. The van der Waals surface area contributed by atoms with Gasteiger partial charge in [-0.3, -0.25) is 4.79 Å². The Hall–Kier alpha value is -3.23. The third kappa shape index (κ3) is 6.13. The van der Waals surface area contributed by atoms with E-state index in [2.05, 4.69) is 5.32 Å². The number of ether oxygens (including phenoxy) is 1. The normalized spacial score (nSPS) is 11.3. The molecule has 0 heterocycles. The first-order valence-corrected chi connectivity index (χ1v) is 11.0. The van der Waals surface area contributed by atoms with Crippen molar-refractivity contribution < 1.29 is 22.3 Å². The third-order valence-electron chi connectivity index (χ3n) is 4.19. The summed E-state index contributed by atoms with van der Waals surface area (Å²) in [6.07, 6.45) is 1.02. The van der Waals surface area contributed by atoms with Gasteiger partial charge in [0.05, 0.1) is 18.5 Å². The van der Waals surface area contributed by atoms with Crippen molar-refractivity contribution in [1.82, 2.24) is 4.31 Å². The molecular weight excluding hydrogens is 407 g/mol. The van der Waals surface area contributed by atoms with E-state index < -0.39 is 28.3 Å². The van der Waals surface area contributed by atoms with Crippen LogP contribution >= 0.6 is 0 Å². The molecule has 6 nitrogen and oxygen atoms in total. The number of benzene rings is 3. The number of sulfonamides is 1. The lowest BCUT2D eigenvalue weighted by Gasteiger charge is -2.20. The molecule has 1 amide bonds. The molecule has 0 aromatic heterocycles. The molecule has 0 radical (unpaired) electrons. The summed E-state index contributed by atoms with van der Waals surface area (Å²) in [4.78, 5) is 12.6. The van der Waals surface area contributed by atoms with Gasteiger partial charge >= 0.3 is 0 Å². The van der Waals surface area contributed by atoms with Crippen molar-refractivity contribution in [3.8, 4) is 11.5 Å². The van der Waals surface area contributed by atoms with Gasteiger partial charge in [0.1, 0.15) is 11.6 Å². The summed E-state index contributed by atoms with van der Waals surface area (Å²) in [7, 11) is -3.67. The second-order valence-corrected chi connectivity index (χ2v) is 8.60. The van der Waals surface area contributed by atoms with Gasteiger partial charge in [0.25, 0.3) is 0 Å². The van der Waals surface area contributed by atoms with Crippen molar-refractivity contribution in [2.45, 2.75) is 6.54 Å². The minimum atomic E-state index is -3.67. The molecule has 3 aromatic rings. The number of carbonyl (C=O) groups is 1. The first-order chi connectivity index (χ1) is 14.3. The van der Waals surface area contributed by atoms with E-state index in [1.54, 1.807) is 36.4 Å². The SMILES string of the molecule is CS(=O)(=O)N(CC(=O)Nc1ccccc1Oc1ccccc1)Cc1ccc(F)cc1. The minimum absolute atomic E-state index is 0.0469. The summed E-state index contributed by atoms with van der Waals surface area (Å²) in [6, 6.07) is 21.4. The van der Waals surface area contributed by atoms with Crippen LogP contribution in [0.5, 0.6) is 11.5 Å². The van der Waals surface area contributed by atoms with Crippen molar-refractivity contribution in [3.63, 3.8) is 0 Å². The molecule has 0 saturated heterocycles. The number of rotatable bonds is 8. The zero-order chi connectivity index (χ0) is 21.6. The lowest BCUT2D eigenvalue weighted by atomic mass is 10.2. The van der Waals surface area contributed by atoms with Gasteiger partial charge in [-0.15, -0.1) is 0 Å². The highest BCUT2D eigenvalue weighted by Gasteiger charge is 2.21. The van der Waals surface area contributed by atoms with Crippen LogP contribution in [0.2, 0.25) is 0 Å². The molecule has 3 rings (SSSR count). The number of hydrogen-bond donors (Lipinski definition) is 1. The van der Waals surface area contributed by atoms with Crippen molar-refractivity contribution in [2.75, 3.05) is 18.1 Å². The topological polar surface area (TPSA) is 75.7 Å². The molecular formula is C22H21FN2O4S. The fourth-order valence-corrected chi connectivity index (χ4v) is 3.44. The molecule has 30 heavy (non-hydrogen) atoms. The molecule has 0 aliphatic heterocycles. The van der Waals surface area contributed by atoms with E-state index in [1.807, 2.05) is 18.2 Å². The van der Waals surface area contributed by atoms with Crippen LogP contribution in [0.15, 0.2) is 78.9 Å². The Bertz CT molecular complexity index is 1100. The average molecular weight is 428 g/mol. The fraction of sp³-hybridized carbons (Fsp3) is 0.136. The van der Waals surface area contributed by atoms with Gasteiger partial charge in [-0.05, 0) is 42.0 Å². The molecule has 0 aliphatic carbocycles. The number of para-hydroxylation sites is 3. The highest BCUT2D eigenvalue weighted by atomic mass is 32.2. The van der Waals surface area contributed by atoms with Crippen molar-refractivity contribution in [2.24, 2.45) is 0 Å². The molecule has 156 valence electrons. The van der Waals surface area contributed by atoms with Crippen LogP contribution in [0, 0.1) is 5.82 Å². The number of hydrogen-bond acceptors (Lipinski definition) is 4. The van der Waals surface area contributed by atoms with E-state index in [0.29, 0.717) is 22.7 Å². The number of nitrogens with one attached hydrogen (secondary N) is 1. The number of amides is 1. The number of halogens is 1. The molecule has 0 atom stereocenters. The monoisotopic (exact) mass is 428 g/mol. The molecule has 0 bridgehead atoms. The minimum Gasteiger partial charge on any atom is -0.455 e. The Morgan fingerprint density at radius 2 is 1.60 bits per heavy atom. The maximum absolute atomic E-state index is 13.1. The highest BCUT2D eigenvalue weighted by molar-refractivity contribution is 7.88.